The van der Waals surface area contributed by atoms with E-state index < -0.39 is 0 Å². The molecule has 0 bridgehead atoms. The van der Waals surface area contributed by atoms with Crippen molar-refractivity contribution in [2.24, 2.45) is 10.9 Å². The second kappa shape index (κ2) is 5.34. The number of hydrogen-bond acceptors (Lipinski definition) is 4. The topological polar surface area (TPSA) is 61.8 Å². The predicted octanol–water partition coefficient (Wildman–Crippen LogP) is 0.560. The Kier molecular flexibility index (Phi) is 4.38. The third kappa shape index (κ3) is 3.44. The third-order valence-electron chi connectivity index (χ3n) is 2.38. The number of thioether (sulfide) groups is 1. The van der Waals surface area contributed by atoms with Gasteiger partial charge in [-0.05, 0) is 32.2 Å². The minimum Gasteiger partial charge on any atom is -0.409 e. The molecule has 76 valence electrons. The molecule has 0 amide bonds. The summed E-state index contributed by atoms with van der Waals surface area (Å²) in [6.07, 6.45) is 4.57. The molecule has 0 aromatic rings. The van der Waals surface area contributed by atoms with Gasteiger partial charge in [0, 0.05) is 5.25 Å². The van der Waals surface area contributed by atoms with Gasteiger partial charge in [0.2, 0.25) is 0 Å². The molecule has 0 atom stereocenters. The first-order valence-electron chi connectivity index (χ1n) is 4.47. The molecule has 0 saturated carbocycles. The molecular weight excluding hydrogens is 186 g/mol. The minimum atomic E-state index is 0.308. The van der Waals surface area contributed by atoms with Crippen molar-refractivity contribution in [2.75, 3.05) is 25.9 Å². The van der Waals surface area contributed by atoms with Gasteiger partial charge in [-0.2, -0.15) is 11.8 Å². The van der Waals surface area contributed by atoms with Gasteiger partial charge in [-0.15, -0.1) is 0 Å². The Bertz CT molecular complexity index is 178. The molecule has 1 aliphatic rings. The fourth-order valence-corrected chi connectivity index (χ4v) is 2.25. The lowest BCUT2D eigenvalue weighted by atomic mass is 10.1. The maximum Gasteiger partial charge on any atom is 0.153 e. The molecule has 1 heterocycles. The van der Waals surface area contributed by atoms with Gasteiger partial charge in [-0.3, -0.25) is 4.90 Å². The van der Waals surface area contributed by atoms with Gasteiger partial charge in [0.25, 0.3) is 0 Å². The number of rotatable bonds is 3. The largest absolute Gasteiger partial charge is 0.409 e. The fraction of sp³-hybridized carbons (Fsp3) is 0.875. The van der Waals surface area contributed by atoms with Crippen LogP contribution in [0.1, 0.15) is 12.8 Å². The lowest BCUT2D eigenvalue weighted by molar-refractivity contribution is 0.256. The molecule has 0 aromatic carbocycles. The quantitative estimate of drug-likeness (QED) is 0.304. The van der Waals surface area contributed by atoms with Crippen LogP contribution >= 0.6 is 11.8 Å². The molecule has 1 rings (SSSR count). The Labute approximate surface area is 83.2 Å². The first-order valence-corrected chi connectivity index (χ1v) is 5.76. The predicted molar refractivity (Wildman–Crippen MR) is 56.4 cm³/mol. The summed E-state index contributed by atoms with van der Waals surface area (Å²) in [7, 11) is 0. The summed E-state index contributed by atoms with van der Waals surface area (Å²) < 4.78 is 0. The number of piperidine rings is 1. The van der Waals surface area contributed by atoms with Crippen LogP contribution in [0.4, 0.5) is 0 Å². The van der Waals surface area contributed by atoms with E-state index in [0.717, 1.165) is 18.3 Å². The number of nitrogens with zero attached hydrogens (tertiary/aromatic N) is 2. The van der Waals surface area contributed by atoms with E-state index in [1.807, 2.05) is 11.8 Å². The molecule has 3 N–H and O–H groups in total. The van der Waals surface area contributed by atoms with E-state index in [-0.39, 0.29) is 0 Å². The van der Waals surface area contributed by atoms with Crippen LogP contribution in [-0.4, -0.2) is 47.1 Å². The van der Waals surface area contributed by atoms with Gasteiger partial charge in [0.05, 0.1) is 6.54 Å². The number of nitrogens with two attached hydrogens (primary N) is 1. The third-order valence-corrected chi connectivity index (χ3v) is 3.52. The molecule has 1 saturated heterocycles. The highest BCUT2D eigenvalue weighted by atomic mass is 32.2. The van der Waals surface area contributed by atoms with E-state index >= 15 is 0 Å². The highest BCUT2D eigenvalue weighted by Crippen LogP contribution is 2.20. The van der Waals surface area contributed by atoms with Crippen molar-refractivity contribution in [3.63, 3.8) is 0 Å². The summed E-state index contributed by atoms with van der Waals surface area (Å²) in [5, 5.41) is 12.2. The zero-order chi connectivity index (χ0) is 9.68. The summed E-state index contributed by atoms with van der Waals surface area (Å²) in [6.45, 7) is 2.71. The second-order valence-corrected chi connectivity index (χ2v) is 4.44. The molecule has 0 unspecified atom stereocenters. The van der Waals surface area contributed by atoms with Gasteiger partial charge in [-0.1, -0.05) is 5.16 Å². The van der Waals surface area contributed by atoms with Crippen LogP contribution in [0.3, 0.4) is 0 Å². The normalized spacial score (nSPS) is 22.1. The SMILES string of the molecule is CSC1CCN(C/C(N)=N/O)CC1. The van der Waals surface area contributed by atoms with Crippen molar-refractivity contribution in [3.8, 4) is 0 Å². The van der Waals surface area contributed by atoms with E-state index in [1.165, 1.54) is 12.8 Å². The Morgan fingerprint density at radius 3 is 2.69 bits per heavy atom. The molecule has 5 heteroatoms. The summed E-state index contributed by atoms with van der Waals surface area (Å²) in [6, 6.07) is 0. The molecular formula is C8H17N3OS. The molecule has 1 aliphatic heterocycles. The standard InChI is InChI=1S/C8H17N3OS/c1-13-7-2-4-11(5-3-7)6-8(9)10-12/h7,12H,2-6H2,1H3,(H2,9,10). The zero-order valence-corrected chi connectivity index (χ0v) is 8.76. The van der Waals surface area contributed by atoms with Crippen LogP contribution in [-0.2, 0) is 0 Å². The maximum atomic E-state index is 8.40. The second-order valence-electron chi connectivity index (χ2n) is 3.30. The van der Waals surface area contributed by atoms with E-state index in [9.17, 15) is 0 Å². The van der Waals surface area contributed by atoms with Gasteiger partial charge in [0.1, 0.15) is 0 Å². The Morgan fingerprint density at radius 2 is 2.23 bits per heavy atom. The lowest BCUT2D eigenvalue weighted by Gasteiger charge is -2.30. The summed E-state index contributed by atoms with van der Waals surface area (Å²) in [5.74, 6) is 0.308. The van der Waals surface area contributed by atoms with E-state index in [4.69, 9.17) is 10.9 Å². The highest BCUT2D eigenvalue weighted by molar-refractivity contribution is 7.99. The van der Waals surface area contributed by atoms with E-state index in [1.54, 1.807) is 0 Å². The zero-order valence-electron chi connectivity index (χ0n) is 7.94. The maximum absolute atomic E-state index is 8.40. The number of amidine groups is 1. The van der Waals surface area contributed by atoms with E-state index in [0.29, 0.717) is 12.4 Å². The molecule has 0 radical (unpaired) electrons. The van der Waals surface area contributed by atoms with Crippen LogP contribution in [0.5, 0.6) is 0 Å². The van der Waals surface area contributed by atoms with Gasteiger partial charge >= 0.3 is 0 Å². The van der Waals surface area contributed by atoms with Crippen LogP contribution in [0, 0.1) is 0 Å². The number of likely N-dealkylation sites (tertiary alicyclic amines) is 1. The molecule has 1 fully saturated rings. The fourth-order valence-electron chi connectivity index (χ4n) is 1.56. The first kappa shape index (κ1) is 10.7. The van der Waals surface area contributed by atoms with Crippen LogP contribution in [0.25, 0.3) is 0 Å². The molecule has 4 nitrogen and oxygen atoms in total. The minimum absolute atomic E-state index is 0.308. The van der Waals surface area contributed by atoms with Crippen molar-refractivity contribution in [3.05, 3.63) is 0 Å². The van der Waals surface area contributed by atoms with Crippen LogP contribution in [0.15, 0.2) is 5.16 Å². The van der Waals surface area contributed by atoms with Crippen molar-refractivity contribution < 1.29 is 5.21 Å². The van der Waals surface area contributed by atoms with Crippen molar-refractivity contribution >= 4 is 17.6 Å². The molecule has 0 aromatic heterocycles. The summed E-state index contributed by atoms with van der Waals surface area (Å²) in [4.78, 5) is 2.22. The average Bonchev–Trinajstić information content (AvgIpc) is 2.19. The summed E-state index contributed by atoms with van der Waals surface area (Å²) >= 11 is 1.93. The average molecular weight is 203 g/mol. The van der Waals surface area contributed by atoms with Gasteiger partial charge < -0.3 is 10.9 Å². The smallest absolute Gasteiger partial charge is 0.153 e. The first-order chi connectivity index (χ1) is 6.26. The highest BCUT2D eigenvalue weighted by Gasteiger charge is 2.18. The van der Waals surface area contributed by atoms with Gasteiger partial charge in [-0.25, -0.2) is 0 Å². The number of hydrogen-bond donors (Lipinski definition) is 2. The van der Waals surface area contributed by atoms with Crippen LogP contribution < -0.4 is 5.73 Å². The lowest BCUT2D eigenvalue weighted by Crippen LogP contribution is -2.40. The van der Waals surface area contributed by atoms with Crippen molar-refractivity contribution in [2.45, 2.75) is 18.1 Å². The van der Waals surface area contributed by atoms with Crippen molar-refractivity contribution in [1.82, 2.24) is 4.90 Å². The van der Waals surface area contributed by atoms with E-state index in [2.05, 4.69) is 16.3 Å². The summed E-state index contributed by atoms with van der Waals surface area (Å²) in [5.41, 5.74) is 5.42. The van der Waals surface area contributed by atoms with Crippen molar-refractivity contribution in [1.29, 1.82) is 0 Å². The monoisotopic (exact) mass is 203 g/mol. The Morgan fingerprint density at radius 1 is 1.62 bits per heavy atom. The van der Waals surface area contributed by atoms with Gasteiger partial charge in [0.15, 0.2) is 5.84 Å². The Balaban J connectivity index is 2.25. The Hall–Kier alpha value is -0.420. The molecule has 0 spiro atoms. The molecule has 13 heavy (non-hydrogen) atoms. The van der Waals surface area contributed by atoms with Crippen LogP contribution in [0.2, 0.25) is 0 Å². The molecule has 0 aliphatic carbocycles. The number of oxime groups is 1.